The predicted molar refractivity (Wildman–Crippen MR) is 123 cm³/mol. The summed E-state index contributed by atoms with van der Waals surface area (Å²) in [6, 6.07) is 14.9. The van der Waals surface area contributed by atoms with E-state index in [9.17, 15) is 18.0 Å². The number of carbonyl (C=O) groups excluding carboxylic acids is 2. The third kappa shape index (κ3) is 7.90. The molecule has 0 aliphatic heterocycles. The summed E-state index contributed by atoms with van der Waals surface area (Å²) in [4.78, 5) is 27.1. The highest BCUT2D eigenvalue weighted by Crippen LogP contribution is 2.15. The molecule has 0 spiro atoms. The lowest BCUT2D eigenvalue weighted by Crippen LogP contribution is -2.51. The van der Waals surface area contributed by atoms with Gasteiger partial charge in [0.1, 0.15) is 6.04 Å². The third-order valence-electron chi connectivity index (χ3n) is 4.83. The topological polar surface area (TPSA) is 107 Å². The highest BCUT2D eigenvalue weighted by Gasteiger charge is 2.29. The Morgan fingerprint density at radius 3 is 2.19 bits per heavy atom. The van der Waals surface area contributed by atoms with Crippen LogP contribution in [0.15, 0.2) is 54.6 Å². The van der Waals surface area contributed by atoms with E-state index in [-0.39, 0.29) is 26.2 Å². The summed E-state index contributed by atoms with van der Waals surface area (Å²) < 4.78 is 25.8. The van der Waals surface area contributed by atoms with Crippen LogP contribution in [0.5, 0.6) is 0 Å². The highest BCUT2D eigenvalue weighted by atomic mass is 35.5. The number of aliphatic hydroxyl groups excluding tert-OH is 1. The third-order valence-corrected chi connectivity index (χ3v) is 6.28. The van der Waals surface area contributed by atoms with Gasteiger partial charge in [-0.25, -0.2) is 8.42 Å². The van der Waals surface area contributed by atoms with E-state index < -0.39 is 34.4 Å². The average Bonchev–Trinajstić information content (AvgIpc) is 2.76. The summed E-state index contributed by atoms with van der Waals surface area (Å²) in [6.45, 7) is 1.08. The van der Waals surface area contributed by atoms with Gasteiger partial charge in [-0.05, 0) is 30.2 Å². The Hall–Kier alpha value is -2.46. The van der Waals surface area contributed by atoms with Gasteiger partial charge in [-0.1, -0.05) is 54.1 Å². The number of halogens is 1. The number of aliphatic hydroxyl groups is 1. The number of hydrogen-bond acceptors (Lipinski definition) is 5. The van der Waals surface area contributed by atoms with Crippen molar-refractivity contribution in [3.8, 4) is 0 Å². The van der Waals surface area contributed by atoms with Crippen LogP contribution in [0.1, 0.15) is 18.1 Å². The fraction of sp³-hybridized carbons (Fsp3) is 0.364. The minimum atomic E-state index is -3.70. The quantitative estimate of drug-likeness (QED) is 0.507. The van der Waals surface area contributed by atoms with E-state index in [1.807, 2.05) is 6.07 Å². The largest absolute Gasteiger partial charge is 0.395 e. The number of rotatable bonds is 11. The monoisotopic (exact) mass is 481 g/mol. The molecule has 0 aliphatic rings. The molecule has 0 aromatic heterocycles. The molecule has 0 fully saturated rings. The van der Waals surface area contributed by atoms with E-state index in [4.69, 9.17) is 16.7 Å². The summed E-state index contributed by atoms with van der Waals surface area (Å²) in [5, 5.41) is 12.1. The number of carbonyl (C=O) groups is 2. The molecule has 0 saturated heterocycles. The Balaban J connectivity index is 2.27. The maximum Gasteiger partial charge on any atom is 0.242 e. The Morgan fingerprint density at radius 1 is 1.03 bits per heavy atom. The molecular formula is C22H28ClN3O5S. The van der Waals surface area contributed by atoms with Crippen LogP contribution in [0.3, 0.4) is 0 Å². The lowest BCUT2D eigenvalue weighted by atomic mass is 10.1. The van der Waals surface area contributed by atoms with Crippen molar-refractivity contribution in [3.05, 3.63) is 70.7 Å². The molecule has 10 heteroatoms. The van der Waals surface area contributed by atoms with Crippen molar-refractivity contribution in [1.82, 2.24) is 14.5 Å². The molecule has 32 heavy (non-hydrogen) atoms. The maximum atomic E-state index is 13.2. The van der Waals surface area contributed by atoms with Crippen LogP contribution in [0.25, 0.3) is 0 Å². The number of nitrogens with zero attached hydrogens (tertiary/aromatic N) is 2. The van der Waals surface area contributed by atoms with Crippen molar-refractivity contribution in [2.45, 2.75) is 26.1 Å². The van der Waals surface area contributed by atoms with Crippen LogP contribution >= 0.6 is 11.6 Å². The molecule has 2 aromatic rings. The number of hydrogen-bond donors (Lipinski definition) is 2. The van der Waals surface area contributed by atoms with Crippen molar-refractivity contribution >= 4 is 33.4 Å². The van der Waals surface area contributed by atoms with Gasteiger partial charge >= 0.3 is 0 Å². The van der Waals surface area contributed by atoms with E-state index in [0.717, 1.165) is 21.7 Å². The van der Waals surface area contributed by atoms with Gasteiger partial charge in [-0.3, -0.25) is 9.59 Å². The zero-order valence-corrected chi connectivity index (χ0v) is 19.6. The first-order chi connectivity index (χ1) is 15.1. The van der Waals surface area contributed by atoms with Crippen molar-refractivity contribution in [1.29, 1.82) is 0 Å². The van der Waals surface area contributed by atoms with Gasteiger partial charge < -0.3 is 15.3 Å². The first kappa shape index (κ1) is 25.8. The zero-order valence-electron chi connectivity index (χ0n) is 18.1. The van der Waals surface area contributed by atoms with Crippen molar-refractivity contribution in [2.75, 3.05) is 26.0 Å². The molecule has 0 radical (unpaired) electrons. The van der Waals surface area contributed by atoms with Crippen LogP contribution in [0, 0.1) is 0 Å². The maximum absolute atomic E-state index is 13.2. The van der Waals surface area contributed by atoms with Gasteiger partial charge in [0, 0.05) is 24.7 Å². The normalized spacial score (nSPS) is 12.4. The molecule has 1 atom stereocenters. The van der Waals surface area contributed by atoms with Gasteiger partial charge in [0.05, 0.1) is 19.4 Å². The van der Waals surface area contributed by atoms with E-state index in [0.29, 0.717) is 5.02 Å². The summed E-state index contributed by atoms with van der Waals surface area (Å²) in [5.41, 5.74) is 1.47. The number of nitrogens with one attached hydrogen (secondary N) is 1. The number of benzene rings is 2. The highest BCUT2D eigenvalue weighted by molar-refractivity contribution is 7.88. The Labute approximate surface area is 193 Å². The second kappa shape index (κ2) is 12.0. The molecule has 8 nitrogen and oxygen atoms in total. The van der Waals surface area contributed by atoms with Crippen LogP contribution in [0.4, 0.5) is 0 Å². The SMILES string of the molecule is CC(C(=O)NCCO)N(Cc1ccc(Cl)cc1)C(=O)CN(Cc1ccccc1)S(C)(=O)=O. The zero-order chi connectivity index (χ0) is 23.7. The number of sulfonamides is 1. The van der Waals surface area contributed by atoms with Crippen LogP contribution in [-0.4, -0.2) is 66.5 Å². The first-order valence-corrected chi connectivity index (χ1v) is 12.3. The van der Waals surface area contributed by atoms with Crippen molar-refractivity contribution in [3.63, 3.8) is 0 Å². The van der Waals surface area contributed by atoms with Crippen LogP contribution < -0.4 is 5.32 Å². The van der Waals surface area contributed by atoms with Gasteiger partial charge in [-0.2, -0.15) is 4.31 Å². The minimum Gasteiger partial charge on any atom is -0.395 e. The standard InChI is InChI=1S/C22H28ClN3O5S/c1-17(22(29)24-12-13-27)26(15-19-8-10-20(23)11-9-19)21(28)16-25(32(2,30)31)14-18-6-4-3-5-7-18/h3-11,17,27H,12-16H2,1-2H3,(H,24,29). The molecule has 1 unspecified atom stereocenters. The fourth-order valence-corrected chi connectivity index (χ4v) is 3.87. The lowest BCUT2D eigenvalue weighted by molar-refractivity contribution is -0.140. The minimum absolute atomic E-state index is 0.0330. The van der Waals surface area contributed by atoms with E-state index in [2.05, 4.69) is 5.32 Å². The van der Waals surface area contributed by atoms with Crippen molar-refractivity contribution in [2.24, 2.45) is 0 Å². The fourth-order valence-electron chi connectivity index (χ4n) is 3.02. The predicted octanol–water partition coefficient (Wildman–Crippen LogP) is 1.63. The Morgan fingerprint density at radius 2 is 1.62 bits per heavy atom. The molecule has 174 valence electrons. The van der Waals surface area contributed by atoms with E-state index in [1.54, 1.807) is 55.5 Å². The van der Waals surface area contributed by atoms with Crippen molar-refractivity contribution < 1.29 is 23.1 Å². The summed E-state index contributed by atoms with van der Waals surface area (Å²) >= 11 is 5.94. The van der Waals surface area contributed by atoms with Crippen LogP contribution in [0.2, 0.25) is 5.02 Å². The summed E-state index contributed by atoms with van der Waals surface area (Å²) in [7, 11) is -3.70. The Bertz CT molecular complexity index is 1000. The molecular weight excluding hydrogens is 454 g/mol. The van der Waals surface area contributed by atoms with Gasteiger partial charge in [0.2, 0.25) is 21.8 Å². The second-order valence-corrected chi connectivity index (χ2v) is 9.77. The first-order valence-electron chi connectivity index (χ1n) is 10.0. The molecule has 2 rings (SSSR count). The lowest BCUT2D eigenvalue weighted by Gasteiger charge is -2.31. The number of amides is 2. The van der Waals surface area contributed by atoms with E-state index in [1.165, 1.54) is 4.90 Å². The smallest absolute Gasteiger partial charge is 0.242 e. The van der Waals surface area contributed by atoms with Gasteiger partial charge in [-0.15, -0.1) is 0 Å². The molecule has 2 aromatic carbocycles. The van der Waals surface area contributed by atoms with E-state index >= 15 is 0 Å². The molecule has 2 N–H and O–H groups in total. The summed E-state index contributed by atoms with van der Waals surface area (Å²) in [5.74, 6) is -0.969. The molecule has 0 saturated carbocycles. The molecule has 0 aliphatic carbocycles. The molecule has 0 bridgehead atoms. The molecule has 0 heterocycles. The summed E-state index contributed by atoms with van der Waals surface area (Å²) in [6.07, 6.45) is 1.05. The Kier molecular flexibility index (Phi) is 9.64. The van der Waals surface area contributed by atoms with Gasteiger partial charge in [0.15, 0.2) is 0 Å². The van der Waals surface area contributed by atoms with Gasteiger partial charge in [0.25, 0.3) is 0 Å². The average molecular weight is 482 g/mol. The van der Waals surface area contributed by atoms with Crippen LogP contribution in [-0.2, 0) is 32.7 Å². The second-order valence-electron chi connectivity index (χ2n) is 7.36. The molecule has 2 amide bonds.